The molecule has 0 spiro atoms. The van der Waals surface area contributed by atoms with Gasteiger partial charge in [-0.3, -0.25) is 0 Å². The summed E-state index contributed by atoms with van der Waals surface area (Å²) in [5.74, 6) is 1.91. The van der Waals surface area contributed by atoms with E-state index >= 15 is 0 Å². The first-order chi connectivity index (χ1) is 9.36. The zero-order valence-corrected chi connectivity index (χ0v) is 11.4. The molecular formula is C17H22N2. The van der Waals surface area contributed by atoms with Crippen LogP contribution in [0, 0.1) is 23.2 Å². The average molecular weight is 254 g/mol. The molecule has 2 heteroatoms. The Labute approximate surface area is 115 Å². The van der Waals surface area contributed by atoms with Crippen molar-refractivity contribution in [2.24, 2.45) is 11.8 Å². The van der Waals surface area contributed by atoms with Gasteiger partial charge in [-0.15, -0.1) is 0 Å². The highest BCUT2D eigenvalue weighted by atomic mass is 14.9. The first kappa shape index (κ1) is 12.5. The molecule has 0 bridgehead atoms. The monoisotopic (exact) mass is 254 g/mol. The van der Waals surface area contributed by atoms with Crippen molar-refractivity contribution in [3.63, 3.8) is 0 Å². The molecule has 1 aromatic carbocycles. The molecular weight excluding hydrogens is 232 g/mol. The second-order valence-electron chi connectivity index (χ2n) is 6.12. The molecule has 19 heavy (non-hydrogen) atoms. The summed E-state index contributed by atoms with van der Waals surface area (Å²) in [5, 5.41) is 12.8. The summed E-state index contributed by atoms with van der Waals surface area (Å²) in [6.07, 6.45) is 9.66. The summed E-state index contributed by atoms with van der Waals surface area (Å²) in [6.45, 7) is 0. The van der Waals surface area contributed by atoms with E-state index in [1.54, 1.807) is 0 Å². The molecule has 1 aromatic rings. The number of hydrogen-bond acceptors (Lipinski definition) is 2. The van der Waals surface area contributed by atoms with Gasteiger partial charge in [-0.1, -0.05) is 37.8 Å². The molecule has 0 heterocycles. The highest BCUT2D eigenvalue weighted by molar-refractivity contribution is 5.57. The van der Waals surface area contributed by atoms with E-state index in [4.69, 9.17) is 5.26 Å². The fourth-order valence-corrected chi connectivity index (χ4v) is 3.93. The summed E-state index contributed by atoms with van der Waals surface area (Å²) in [5.41, 5.74) is 1.79. The molecule has 0 saturated heterocycles. The molecule has 0 aromatic heterocycles. The number of benzene rings is 1. The van der Waals surface area contributed by atoms with Crippen LogP contribution < -0.4 is 5.32 Å². The quantitative estimate of drug-likeness (QED) is 0.852. The predicted octanol–water partition coefficient (Wildman–Crippen LogP) is 4.33. The molecule has 3 rings (SSSR count). The molecule has 2 nitrogen and oxygen atoms in total. The molecule has 3 unspecified atom stereocenters. The maximum absolute atomic E-state index is 9.15. The predicted molar refractivity (Wildman–Crippen MR) is 77.9 cm³/mol. The molecule has 100 valence electrons. The number of nitrogens with one attached hydrogen (secondary N) is 1. The van der Waals surface area contributed by atoms with Crippen LogP contribution in [0.3, 0.4) is 0 Å². The second kappa shape index (κ2) is 5.65. The van der Waals surface area contributed by atoms with Crippen LogP contribution in [0.25, 0.3) is 0 Å². The number of fused-ring (bicyclic) bond motifs is 1. The van der Waals surface area contributed by atoms with E-state index < -0.39 is 0 Å². The summed E-state index contributed by atoms with van der Waals surface area (Å²) >= 11 is 0. The van der Waals surface area contributed by atoms with Crippen LogP contribution in [-0.4, -0.2) is 6.04 Å². The molecule has 0 amide bonds. The van der Waals surface area contributed by atoms with Crippen molar-refractivity contribution in [1.29, 1.82) is 5.26 Å². The van der Waals surface area contributed by atoms with Crippen LogP contribution in [0.1, 0.15) is 50.5 Å². The van der Waals surface area contributed by atoms with E-state index in [0.717, 1.165) is 23.1 Å². The van der Waals surface area contributed by atoms with Crippen LogP contribution in [0.5, 0.6) is 0 Å². The molecule has 3 atom stereocenters. The largest absolute Gasteiger partial charge is 0.381 e. The minimum atomic E-state index is 0.564. The van der Waals surface area contributed by atoms with E-state index in [9.17, 15) is 0 Å². The Kier molecular flexibility index (Phi) is 3.73. The fraction of sp³-hybridized carbons (Fsp3) is 0.588. The van der Waals surface area contributed by atoms with Crippen LogP contribution in [0.4, 0.5) is 5.69 Å². The van der Waals surface area contributed by atoms with Gasteiger partial charge in [-0.05, 0) is 43.2 Å². The lowest BCUT2D eigenvalue weighted by Gasteiger charge is -2.39. The Morgan fingerprint density at radius 1 is 1.00 bits per heavy atom. The third kappa shape index (κ3) is 2.76. The van der Waals surface area contributed by atoms with Crippen LogP contribution in [0.2, 0.25) is 0 Å². The Bertz CT molecular complexity index is 474. The molecule has 2 aliphatic rings. The minimum Gasteiger partial charge on any atom is -0.381 e. The van der Waals surface area contributed by atoms with Crippen molar-refractivity contribution in [3.05, 3.63) is 29.8 Å². The third-order valence-corrected chi connectivity index (χ3v) is 4.95. The lowest BCUT2D eigenvalue weighted by molar-refractivity contribution is 0.162. The van der Waals surface area contributed by atoms with Gasteiger partial charge in [0.25, 0.3) is 0 Å². The lowest BCUT2D eigenvalue weighted by atomic mass is 9.69. The lowest BCUT2D eigenvalue weighted by Crippen LogP contribution is -2.34. The smallest absolute Gasteiger partial charge is 0.101 e. The van der Waals surface area contributed by atoms with Gasteiger partial charge in [-0.25, -0.2) is 0 Å². The normalized spacial score (nSPS) is 30.2. The first-order valence-corrected chi connectivity index (χ1v) is 7.62. The van der Waals surface area contributed by atoms with Crippen molar-refractivity contribution in [3.8, 4) is 6.07 Å². The highest BCUT2D eigenvalue weighted by Crippen LogP contribution is 2.41. The number of nitriles is 1. The zero-order valence-electron chi connectivity index (χ0n) is 11.4. The number of anilines is 1. The summed E-state index contributed by atoms with van der Waals surface area (Å²) in [4.78, 5) is 0. The average Bonchev–Trinajstić information content (AvgIpc) is 2.48. The van der Waals surface area contributed by atoms with Crippen molar-refractivity contribution in [2.75, 3.05) is 5.32 Å². The third-order valence-electron chi connectivity index (χ3n) is 4.95. The van der Waals surface area contributed by atoms with Gasteiger partial charge in [0.05, 0.1) is 11.3 Å². The number of nitrogens with zero attached hydrogens (tertiary/aromatic N) is 1. The Balaban J connectivity index is 1.66. The van der Waals surface area contributed by atoms with Crippen molar-refractivity contribution in [2.45, 2.75) is 51.0 Å². The standard InChI is InChI=1S/C17H22N2/c18-12-15-7-3-4-8-17(15)19-16-10-9-13-5-1-2-6-14(13)11-16/h3-4,7-8,13-14,16,19H,1-2,5-6,9-11H2. The number of hydrogen-bond donors (Lipinski definition) is 1. The van der Waals surface area contributed by atoms with Gasteiger partial charge in [-0.2, -0.15) is 5.26 Å². The second-order valence-corrected chi connectivity index (χ2v) is 6.12. The van der Waals surface area contributed by atoms with Gasteiger partial charge in [0.2, 0.25) is 0 Å². The van der Waals surface area contributed by atoms with Gasteiger partial charge >= 0.3 is 0 Å². The maximum atomic E-state index is 9.15. The molecule has 1 N–H and O–H groups in total. The van der Waals surface area contributed by atoms with Crippen LogP contribution in [-0.2, 0) is 0 Å². The Hall–Kier alpha value is -1.49. The SMILES string of the molecule is N#Cc1ccccc1NC1CCC2CCCCC2C1. The molecule has 2 aliphatic carbocycles. The first-order valence-electron chi connectivity index (χ1n) is 7.62. The minimum absolute atomic E-state index is 0.564. The van der Waals surface area contributed by atoms with Gasteiger partial charge in [0.1, 0.15) is 6.07 Å². The van der Waals surface area contributed by atoms with Crippen molar-refractivity contribution >= 4 is 5.69 Å². The molecule has 2 fully saturated rings. The van der Waals surface area contributed by atoms with Gasteiger partial charge in [0, 0.05) is 6.04 Å². The molecule has 0 aliphatic heterocycles. The zero-order chi connectivity index (χ0) is 13.1. The van der Waals surface area contributed by atoms with Crippen molar-refractivity contribution < 1.29 is 0 Å². The van der Waals surface area contributed by atoms with E-state index in [1.807, 2.05) is 24.3 Å². The van der Waals surface area contributed by atoms with Gasteiger partial charge in [0.15, 0.2) is 0 Å². The van der Waals surface area contributed by atoms with Crippen LogP contribution in [0.15, 0.2) is 24.3 Å². The van der Waals surface area contributed by atoms with E-state index in [0.29, 0.717) is 6.04 Å². The number of rotatable bonds is 2. The topological polar surface area (TPSA) is 35.8 Å². The van der Waals surface area contributed by atoms with E-state index in [-0.39, 0.29) is 0 Å². The summed E-state index contributed by atoms with van der Waals surface area (Å²) < 4.78 is 0. The van der Waals surface area contributed by atoms with Crippen LogP contribution >= 0.6 is 0 Å². The molecule has 2 saturated carbocycles. The highest BCUT2D eigenvalue weighted by Gasteiger charge is 2.32. The maximum Gasteiger partial charge on any atom is 0.101 e. The summed E-state index contributed by atoms with van der Waals surface area (Å²) in [6, 6.07) is 10.7. The van der Waals surface area contributed by atoms with Gasteiger partial charge < -0.3 is 5.32 Å². The van der Waals surface area contributed by atoms with Crippen molar-refractivity contribution in [1.82, 2.24) is 0 Å². The number of para-hydroxylation sites is 1. The van der Waals surface area contributed by atoms with E-state index in [2.05, 4.69) is 11.4 Å². The van der Waals surface area contributed by atoms with E-state index in [1.165, 1.54) is 44.9 Å². The summed E-state index contributed by atoms with van der Waals surface area (Å²) in [7, 11) is 0. The Morgan fingerprint density at radius 2 is 1.79 bits per heavy atom. The Morgan fingerprint density at radius 3 is 2.63 bits per heavy atom. The fourth-order valence-electron chi connectivity index (χ4n) is 3.93. The molecule has 0 radical (unpaired) electrons.